The number of H-pyrrole nitrogens is 1. The van der Waals surface area contributed by atoms with Crippen LogP contribution < -0.4 is 10.2 Å². The van der Waals surface area contributed by atoms with Gasteiger partial charge in [0.05, 0.1) is 11.1 Å². The standard InChI is InChI=1S/C20H24N6.C6H16OSi/c1-2-10-25-20(6-1)7-3-12-26(14-20)16-5-11-23-19-17(16)15(13-24-19)18-21-8-4-9-22-18;1-7-5-6-8(2,3)4/h4-5,8-9,11,13,25H,1-3,6-7,10,12,14H2,(H,23,24);5-6H2,1-4H3. The van der Waals surface area contributed by atoms with Crippen LogP contribution in [0.15, 0.2) is 36.9 Å². The van der Waals surface area contributed by atoms with Crippen molar-refractivity contribution in [3.8, 4) is 11.4 Å². The number of anilines is 1. The SMILES string of the molecule is COCC[Si](C)(C)C.c1cnc(-c2c[nH]c3nccc(N4CCCC5(CCCCN5)C4)c23)nc1. The Balaban J connectivity index is 0.000000297. The summed E-state index contributed by atoms with van der Waals surface area (Å²) in [6.07, 6.45) is 13.9. The zero-order valence-electron chi connectivity index (χ0n) is 21.2. The third-order valence-electron chi connectivity index (χ3n) is 6.91. The Hall–Kier alpha value is -2.29. The van der Waals surface area contributed by atoms with Crippen LogP contribution in [0.1, 0.15) is 32.1 Å². The molecule has 1 unspecified atom stereocenters. The highest BCUT2D eigenvalue weighted by Crippen LogP contribution is 2.37. The maximum absolute atomic E-state index is 4.95. The molecule has 2 aliphatic heterocycles. The number of pyridine rings is 1. The van der Waals surface area contributed by atoms with Crippen molar-refractivity contribution in [3.63, 3.8) is 0 Å². The fourth-order valence-corrected chi connectivity index (χ4v) is 5.86. The number of aromatic amines is 1. The summed E-state index contributed by atoms with van der Waals surface area (Å²) in [5, 5.41) is 4.96. The van der Waals surface area contributed by atoms with Gasteiger partial charge in [0, 0.05) is 70.8 Å². The van der Waals surface area contributed by atoms with E-state index in [1.165, 1.54) is 43.8 Å². The van der Waals surface area contributed by atoms with E-state index in [9.17, 15) is 0 Å². The van der Waals surface area contributed by atoms with Crippen molar-refractivity contribution >= 4 is 24.8 Å². The second-order valence-electron chi connectivity index (χ2n) is 10.8. The van der Waals surface area contributed by atoms with Gasteiger partial charge in [0.1, 0.15) is 5.65 Å². The van der Waals surface area contributed by atoms with Crippen LogP contribution in [-0.4, -0.2) is 66.9 Å². The van der Waals surface area contributed by atoms with Crippen LogP contribution in [-0.2, 0) is 4.74 Å². The predicted molar refractivity (Wildman–Crippen MR) is 143 cm³/mol. The molecule has 1 spiro atoms. The molecule has 2 fully saturated rings. The highest BCUT2D eigenvalue weighted by molar-refractivity contribution is 6.76. The number of nitrogens with one attached hydrogen (secondary N) is 2. The third kappa shape index (κ3) is 6.03. The molecule has 2 saturated heterocycles. The highest BCUT2D eigenvalue weighted by atomic mass is 28.3. The molecule has 184 valence electrons. The fourth-order valence-electron chi connectivity index (χ4n) is 5.04. The molecule has 0 aliphatic carbocycles. The van der Waals surface area contributed by atoms with Crippen LogP contribution in [0.2, 0.25) is 25.7 Å². The Morgan fingerprint density at radius 1 is 1.06 bits per heavy atom. The molecule has 0 radical (unpaired) electrons. The van der Waals surface area contributed by atoms with E-state index in [0.29, 0.717) is 0 Å². The minimum absolute atomic E-state index is 0.270. The van der Waals surface area contributed by atoms with Gasteiger partial charge in [-0.2, -0.15) is 0 Å². The lowest BCUT2D eigenvalue weighted by atomic mass is 9.81. The first-order valence-electron chi connectivity index (χ1n) is 12.6. The first kappa shape index (κ1) is 24.8. The molecular formula is C26H40N6OSi. The summed E-state index contributed by atoms with van der Waals surface area (Å²) in [5.74, 6) is 0.746. The number of methoxy groups -OCH3 is 1. The number of aromatic nitrogens is 4. The minimum atomic E-state index is -0.803. The minimum Gasteiger partial charge on any atom is -0.385 e. The van der Waals surface area contributed by atoms with Gasteiger partial charge < -0.3 is 19.9 Å². The maximum atomic E-state index is 4.95. The second kappa shape index (κ2) is 11.0. The molecule has 0 bridgehead atoms. The molecule has 34 heavy (non-hydrogen) atoms. The molecule has 1 atom stereocenters. The predicted octanol–water partition coefficient (Wildman–Crippen LogP) is 5.10. The molecule has 8 heteroatoms. The molecule has 7 nitrogen and oxygen atoms in total. The Labute approximate surface area is 204 Å². The lowest BCUT2D eigenvalue weighted by molar-refractivity contribution is 0.214. The molecule has 5 rings (SSSR count). The Bertz CT molecular complexity index is 1040. The van der Waals surface area contributed by atoms with Gasteiger partial charge in [-0.15, -0.1) is 0 Å². The molecule has 0 saturated carbocycles. The van der Waals surface area contributed by atoms with Crippen LogP contribution in [0.25, 0.3) is 22.4 Å². The van der Waals surface area contributed by atoms with Crippen molar-refractivity contribution in [3.05, 3.63) is 36.9 Å². The molecule has 3 aromatic rings. The summed E-state index contributed by atoms with van der Waals surface area (Å²) < 4.78 is 4.95. The molecule has 3 aromatic heterocycles. The number of hydrogen-bond acceptors (Lipinski definition) is 6. The van der Waals surface area contributed by atoms with Gasteiger partial charge in [0.25, 0.3) is 0 Å². The van der Waals surface area contributed by atoms with Gasteiger partial charge in [-0.05, 0) is 50.4 Å². The molecule has 2 aliphatic rings. The number of ether oxygens (including phenoxy) is 1. The van der Waals surface area contributed by atoms with E-state index in [-0.39, 0.29) is 5.54 Å². The average molecular weight is 481 g/mol. The van der Waals surface area contributed by atoms with E-state index in [2.05, 4.69) is 55.9 Å². The van der Waals surface area contributed by atoms with Crippen molar-refractivity contribution in [2.24, 2.45) is 0 Å². The Morgan fingerprint density at radius 3 is 2.53 bits per heavy atom. The van der Waals surface area contributed by atoms with Crippen LogP contribution >= 0.6 is 0 Å². The topological polar surface area (TPSA) is 79.0 Å². The lowest BCUT2D eigenvalue weighted by Gasteiger charge is -2.47. The monoisotopic (exact) mass is 480 g/mol. The fraction of sp³-hybridized carbons (Fsp3) is 0.577. The van der Waals surface area contributed by atoms with Crippen LogP contribution in [0, 0.1) is 0 Å². The van der Waals surface area contributed by atoms with Gasteiger partial charge >= 0.3 is 0 Å². The van der Waals surface area contributed by atoms with Crippen LogP contribution in [0.4, 0.5) is 5.69 Å². The van der Waals surface area contributed by atoms with Crippen LogP contribution in [0.3, 0.4) is 0 Å². The number of piperidine rings is 2. The Morgan fingerprint density at radius 2 is 1.85 bits per heavy atom. The van der Waals surface area contributed by atoms with E-state index >= 15 is 0 Å². The van der Waals surface area contributed by atoms with Crippen molar-refractivity contribution < 1.29 is 4.74 Å². The van der Waals surface area contributed by atoms with Gasteiger partial charge in [-0.1, -0.05) is 26.1 Å². The zero-order chi connectivity index (χ0) is 24.0. The molecule has 0 aromatic carbocycles. The van der Waals surface area contributed by atoms with E-state index < -0.39 is 8.07 Å². The van der Waals surface area contributed by atoms with E-state index in [4.69, 9.17) is 4.74 Å². The number of rotatable bonds is 5. The average Bonchev–Trinajstić information content (AvgIpc) is 3.28. The molecule has 0 amide bonds. The first-order valence-corrected chi connectivity index (χ1v) is 16.3. The highest BCUT2D eigenvalue weighted by Gasteiger charge is 2.37. The normalized spacial score (nSPS) is 20.9. The summed E-state index contributed by atoms with van der Waals surface area (Å²) in [6.45, 7) is 11.3. The maximum Gasteiger partial charge on any atom is 0.161 e. The van der Waals surface area contributed by atoms with Gasteiger partial charge in [0.15, 0.2) is 5.82 Å². The summed E-state index contributed by atoms with van der Waals surface area (Å²) in [6, 6.07) is 5.27. The summed E-state index contributed by atoms with van der Waals surface area (Å²) in [4.78, 5) is 19.3. The smallest absolute Gasteiger partial charge is 0.161 e. The zero-order valence-corrected chi connectivity index (χ0v) is 22.2. The molecule has 5 heterocycles. The lowest BCUT2D eigenvalue weighted by Crippen LogP contribution is -2.59. The quantitative estimate of drug-likeness (QED) is 0.495. The molecular weight excluding hydrogens is 440 g/mol. The number of hydrogen-bond donors (Lipinski definition) is 2. The van der Waals surface area contributed by atoms with E-state index in [0.717, 1.165) is 48.7 Å². The van der Waals surface area contributed by atoms with E-state index in [1.54, 1.807) is 19.5 Å². The van der Waals surface area contributed by atoms with Crippen molar-refractivity contribution in [1.82, 2.24) is 25.3 Å². The van der Waals surface area contributed by atoms with Gasteiger partial charge in [-0.3, -0.25) is 0 Å². The number of fused-ring (bicyclic) bond motifs is 1. The molecule has 2 N–H and O–H groups in total. The van der Waals surface area contributed by atoms with Crippen molar-refractivity contribution in [2.75, 3.05) is 38.3 Å². The Kier molecular flexibility index (Phi) is 8.01. The third-order valence-corrected chi connectivity index (χ3v) is 8.62. The van der Waals surface area contributed by atoms with Gasteiger partial charge in [0.2, 0.25) is 0 Å². The summed E-state index contributed by atoms with van der Waals surface area (Å²) in [7, 11) is 0.961. The van der Waals surface area contributed by atoms with Crippen molar-refractivity contribution in [1.29, 1.82) is 0 Å². The second-order valence-corrected chi connectivity index (χ2v) is 16.4. The van der Waals surface area contributed by atoms with Crippen molar-refractivity contribution in [2.45, 2.75) is 63.3 Å². The largest absolute Gasteiger partial charge is 0.385 e. The summed E-state index contributed by atoms with van der Waals surface area (Å²) >= 11 is 0. The van der Waals surface area contributed by atoms with E-state index in [1.807, 2.05) is 18.5 Å². The number of nitrogens with zero attached hydrogens (tertiary/aromatic N) is 4. The van der Waals surface area contributed by atoms with Gasteiger partial charge in [-0.25, -0.2) is 15.0 Å². The summed E-state index contributed by atoms with van der Waals surface area (Å²) in [5.41, 5.74) is 3.44. The first-order chi connectivity index (χ1) is 16.4. The van der Waals surface area contributed by atoms with Crippen LogP contribution in [0.5, 0.6) is 0 Å².